The lowest BCUT2D eigenvalue weighted by Gasteiger charge is -2.17. The van der Waals surface area contributed by atoms with Crippen molar-refractivity contribution in [3.8, 4) is 22.8 Å². The molecule has 0 fully saturated rings. The van der Waals surface area contributed by atoms with Crippen LogP contribution in [0.2, 0.25) is 0 Å². The van der Waals surface area contributed by atoms with E-state index >= 15 is 0 Å². The van der Waals surface area contributed by atoms with Gasteiger partial charge in [-0.15, -0.1) is 0 Å². The Balaban J connectivity index is 1.95. The lowest BCUT2D eigenvalue weighted by Crippen LogP contribution is -2.15. The number of H-pyrrole nitrogens is 1. The third kappa shape index (κ3) is 3.49. The van der Waals surface area contributed by atoms with Gasteiger partial charge >= 0.3 is 0 Å². The summed E-state index contributed by atoms with van der Waals surface area (Å²) in [4.78, 5) is 0. The Hall–Kier alpha value is -2.86. The molecule has 1 aromatic heterocycles. The van der Waals surface area contributed by atoms with Crippen LogP contribution in [0.5, 0.6) is 11.5 Å². The van der Waals surface area contributed by atoms with E-state index in [-0.39, 0.29) is 11.7 Å². The lowest BCUT2D eigenvalue weighted by atomic mass is 9.94. The van der Waals surface area contributed by atoms with Gasteiger partial charge in [-0.25, -0.2) is 4.39 Å². The Bertz CT molecular complexity index is 846. The first-order chi connectivity index (χ1) is 12.2. The molecule has 0 amide bonds. The summed E-state index contributed by atoms with van der Waals surface area (Å²) in [6.45, 7) is 0.296. The van der Waals surface area contributed by atoms with Crippen LogP contribution in [0.3, 0.4) is 0 Å². The molecular formula is C19H20FN3O2. The molecule has 3 N–H and O–H groups in total. The van der Waals surface area contributed by atoms with Gasteiger partial charge in [-0.2, -0.15) is 5.10 Å². The normalized spacial score (nSPS) is 12.0. The molecule has 2 aromatic carbocycles. The second-order valence-corrected chi connectivity index (χ2v) is 5.61. The van der Waals surface area contributed by atoms with Gasteiger partial charge in [-0.05, 0) is 48.5 Å². The number of nitrogens with two attached hydrogens (primary N) is 1. The smallest absolute Gasteiger partial charge is 0.123 e. The van der Waals surface area contributed by atoms with Gasteiger partial charge in [0.1, 0.15) is 17.3 Å². The van der Waals surface area contributed by atoms with E-state index in [4.69, 9.17) is 15.2 Å². The molecule has 3 rings (SSSR count). The maximum atomic E-state index is 13.7. The van der Waals surface area contributed by atoms with Crippen molar-refractivity contribution in [3.05, 3.63) is 65.6 Å². The van der Waals surface area contributed by atoms with E-state index in [0.717, 1.165) is 22.7 Å². The van der Waals surface area contributed by atoms with Crippen molar-refractivity contribution >= 4 is 0 Å². The van der Waals surface area contributed by atoms with Crippen LogP contribution in [0.1, 0.15) is 17.2 Å². The molecule has 6 heteroatoms. The number of hydrogen-bond donors (Lipinski definition) is 2. The topological polar surface area (TPSA) is 73.2 Å². The summed E-state index contributed by atoms with van der Waals surface area (Å²) >= 11 is 0. The Morgan fingerprint density at radius 1 is 1.08 bits per heavy atom. The quantitative estimate of drug-likeness (QED) is 0.721. The fourth-order valence-electron chi connectivity index (χ4n) is 2.82. The van der Waals surface area contributed by atoms with Crippen molar-refractivity contribution in [2.24, 2.45) is 5.73 Å². The number of aromatic nitrogens is 2. The van der Waals surface area contributed by atoms with Crippen molar-refractivity contribution in [2.45, 2.75) is 5.92 Å². The van der Waals surface area contributed by atoms with Gasteiger partial charge in [-0.3, -0.25) is 5.10 Å². The van der Waals surface area contributed by atoms with Crippen LogP contribution < -0.4 is 15.2 Å². The van der Waals surface area contributed by atoms with Gasteiger partial charge in [0.15, 0.2) is 0 Å². The zero-order valence-electron chi connectivity index (χ0n) is 14.1. The highest BCUT2D eigenvalue weighted by molar-refractivity contribution is 5.61. The second kappa shape index (κ2) is 7.36. The first-order valence-corrected chi connectivity index (χ1v) is 7.89. The highest BCUT2D eigenvalue weighted by atomic mass is 19.1. The Morgan fingerprint density at radius 2 is 1.84 bits per heavy atom. The number of hydrogen-bond acceptors (Lipinski definition) is 4. The number of rotatable bonds is 6. The molecule has 0 saturated heterocycles. The van der Waals surface area contributed by atoms with E-state index in [1.165, 1.54) is 12.1 Å². The zero-order valence-corrected chi connectivity index (χ0v) is 14.1. The van der Waals surface area contributed by atoms with Crippen LogP contribution in [-0.2, 0) is 0 Å². The molecule has 0 aliphatic carbocycles. The van der Waals surface area contributed by atoms with Crippen LogP contribution in [-0.4, -0.2) is 31.0 Å². The van der Waals surface area contributed by atoms with E-state index in [1.54, 1.807) is 20.3 Å². The second-order valence-electron chi connectivity index (χ2n) is 5.61. The minimum atomic E-state index is -0.329. The Labute approximate surface area is 145 Å². The highest BCUT2D eigenvalue weighted by Gasteiger charge is 2.20. The van der Waals surface area contributed by atoms with Gasteiger partial charge < -0.3 is 15.2 Å². The van der Waals surface area contributed by atoms with Crippen molar-refractivity contribution in [2.75, 3.05) is 20.8 Å². The molecule has 0 spiro atoms. The predicted molar refractivity (Wildman–Crippen MR) is 94.4 cm³/mol. The van der Waals surface area contributed by atoms with Gasteiger partial charge in [-0.1, -0.05) is 0 Å². The molecule has 130 valence electrons. The molecule has 1 heterocycles. The largest absolute Gasteiger partial charge is 0.497 e. The number of methoxy groups -OCH3 is 2. The van der Waals surface area contributed by atoms with E-state index in [0.29, 0.717) is 17.9 Å². The fraction of sp³-hybridized carbons (Fsp3) is 0.211. The van der Waals surface area contributed by atoms with Crippen LogP contribution in [0.15, 0.2) is 48.5 Å². The van der Waals surface area contributed by atoms with Crippen LogP contribution >= 0.6 is 0 Å². The summed E-state index contributed by atoms with van der Waals surface area (Å²) in [5, 5.41) is 7.37. The molecule has 3 aromatic rings. The molecule has 0 radical (unpaired) electrons. The summed E-state index contributed by atoms with van der Waals surface area (Å²) in [5.41, 5.74) is 9.18. The molecule has 5 nitrogen and oxygen atoms in total. The van der Waals surface area contributed by atoms with Crippen LogP contribution in [0.4, 0.5) is 4.39 Å². The third-order valence-electron chi connectivity index (χ3n) is 4.16. The molecule has 0 saturated carbocycles. The summed E-state index contributed by atoms with van der Waals surface area (Å²) in [6.07, 6.45) is 0. The van der Waals surface area contributed by atoms with Crippen molar-refractivity contribution in [3.63, 3.8) is 0 Å². The minimum absolute atomic E-state index is 0.245. The molecule has 1 unspecified atom stereocenters. The standard InChI is InChI=1S/C19H20FN3O2/c1-24-14-6-3-12(4-7-14)17-10-18(23-22-17)16(11-21)15-9-13(20)5-8-19(15)25-2/h3-10,16H,11,21H2,1-2H3,(H,22,23). The SMILES string of the molecule is COc1ccc(-c2cc(C(CN)c3cc(F)ccc3OC)[nH]n2)cc1. The number of ether oxygens (including phenoxy) is 2. The summed E-state index contributed by atoms with van der Waals surface area (Å²) in [5.74, 6) is 0.801. The third-order valence-corrected chi connectivity index (χ3v) is 4.16. The predicted octanol–water partition coefficient (Wildman–Crippen LogP) is 3.32. The molecule has 0 aliphatic rings. The van der Waals surface area contributed by atoms with Crippen LogP contribution in [0, 0.1) is 5.82 Å². The maximum absolute atomic E-state index is 13.7. The van der Waals surface area contributed by atoms with E-state index in [2.05, 4.69) is 10.2 Å². The first-order valence-electron chi connectivity index (χ1n) is 7.89. The molecule has 1 atom stereocenters. The van der Waals surface area contributed by atoms with Gasteiger partial charge in [0.2, 0.25) is 0 Å². The average Bonchev–Trinajstić information content (AvgIpc) is 3.12. The van der Waals surface area contributed by atoms with Crippen molar-refractivity contribution in [1.82, 2.24) is 10.2 Å². The van der Waals surface area contributed by atoms with E-state index in [9.17, 15) is 4.39 Å². The first kappa shape index (κ1) is 17.0. The fourth-order valence-corrected chi connectivity index (χ4v) is 2.82. The highest BCUT2D eigenvalue weighted by Crippen LogP contribution is 2.32. The van der Waals surface area contributed by atoms with Crippen LogP contribution in [0.25, 0.3) is 11.3 Å². The monoisotopic (exact) mass is 341 g/mol. The zero-order chi connectivity index (χ0) is 17.8. The number of nitrogens with one attached hydrogen (secondary N) is 1. The molecular weight excluding hydrogens is 321 g/mol. The summed E-state index contributed by atoms with van der Waals surface area (Å²) in [6, 6.07) is 13.9. The lowest BCUT2D eigenvalue weighted by molar-refractivity contribution is 0.406. The van der Waals surface area contributed by atoms with Crippen molar-refractivity contribution in [1.29, 1.82) is 0 Å². The number of nitrogens with zero attached hydrogens (tertiary/aromatic N) is 1. The number of aromatic amines is 1. The maximum Gasteiger partial charge on any atom is 0.123 e. The van der Waals surface area contributed by atoms with E-state index in [1.807, 2.05) is 30.3 Å². The van der Waals surface area contributed by atoms with Gasteiger partial charge in [0, 0.05) is 29.3 Å². The summed E-state index contributed by atoms with van der Waals surface area (Å²) in [7, 11) is 3.18. The van der Waals surface area contributed by atoms with Gasteiger partial charge in [0.25, 0.3) is 0 Å². The minimum Gasteiger partial charge on any atom is -0.497 e. The van der Waals surface area contributed by atoms with E-state index < -0.39 is 0 Å². The number of benzene rings is 2. The molecule has 25 heavy (non-hydrogen) atoms. The number of halogens is 1. The average molecular weight is 341 g/mol. The molecule has 0 bridgehead atoms. The Morgan fingerprint density at radius 3 is 2.48 bits per heavy atom. The molecule has 0 aliphatic heterocycles. The van der Waals surface area contributed by atoms with Gasteiger partial charge in [0.05, 0.1) is 19.9 Å². The van der Waals surface area contributed by atoms with Crippen molar-refractivity contribution < 1.29 is 13.9 Å². The summed E-state index contributed by atoms with van der Waals surface area (Å²) < 4.78 is 24.2. The Kier molecular flexibility index (Phi) is 5.00.